The molecule has 1 aromatic carbocycles. The number of carbonyl (C=O) groups excluding carboxylic acids is 1. The van der Waals surface area contributed by atoms with Crippen molar-refractivity contribution in [3.8, 4) is 0 Å². The molecule has 6 nitrogen and oxygen atoms in total. The van der Waals surface area contributed by atoms with Crippen LogP contribution in [-0.4, -0.2) is 29.3 Å². The third-order valence-electron chi connectivity index (χ3n) is 3.17. The summed E-state index contributed by atoms with van der Waals surface area (Å²) in [6.07, 6.45) is 1.97. The second-order valence-corrected chi connectivity index (χ2v) is 4.53. The van der Waals surface area contributed by atoms with Crippen molar-refractivity contribution in [3.63, 3.8) is 0 Å². The van der Waals surface area contributed by atoms with Crippen LogP contribution in [0.2, 0.25) is 0 Å². The molecule has 0 bridgehead atoms. The van der Waals surface area contributed by atoms with Gasteiger partial charge in [-0.3, -0.25) is 10.1 Å². The van der Waals surface area contributed by atoms with E-state index in [1.165, 1.54) is 0 Å². The molecule has 0 amide bonds. The van der Waals surface area contributed by atoms with E-state index >= 15 is 0 Å². The summed E-state index contributed by atoms with van der Waals surface area (Å²) in [6.45, 7) is 1.74. The molecule has 1 aromatic rings. The van der Waals surface area contributed by atoms with Gasteiger partial charge in [0.15, 0.2) is 0 Å². The SMILES string of the molecule is CCOC(=O)C(C1=Nc2ccccc2CCC1)[N+](=O)[O-]. The number of rotatable bonds is 4. The highest BCUT2D eigenvalue weighted by atomic mass is 16.6. The van der Waals surface area contributed by atoms with E-state index < -0.39 is 16.9 Å². The van der Waals surface area contributed by atoms with Crippen LogP contribution in [0.1, 0.15) is 25.3 Å². The zero-order valence-electron chi connectivity index (χ0n) is 11.2. The van der Waals surface area contributed by atoms with Gasteiger partial charge in [-0.2, -0.15) is 0 Å². The van der Waals surface area contributed by atoms with Crippen molar-refractivity contribution in [2.75, 3.05) is 6.61 Å². The van der Waals surface area contributed by atoms with Crippen LogP contribution in [0.4, 0.5) is 5.69 Å². The number of esters is 1. The number of aryl methyl sites for hydroxylation is 1. The maximum Gasteiger partial charge on any atom is 0.388 e. The first-order valence-corrected chi connectivity index (χ1v) is 6.59. The van der Waals surface area contributed by atoms with E-state index in [9.17, 15) is 14.9 Å². The Hall–Kier alpha value is -2.24. The molecule has 0 fully saturated rings. The van der Waals surface area contributed by atoms with Gasteiger partial charge in [0.25, 0.3) is 0 Å². The Kier molecular flexibility index (Phi) is 4.45. The third kappa shape index (κ3) is 3.01. The quantitative estimate of drug-likeness (QED) is 0.480. The zero-order valence-corrected chi connectivity index (χ0v) is 11.2. The molecule has 0 N–H and O–H groups in total. The first-order valence-electron chi connectivity index (χ1n) is 6.59. The Morgan fingerprint density at radius 3 is 2.90 bits per heavy atom. The monoisotopic (exact) mass is 276 g/mol. The van der Waals surface area contributed by atoms with E-state index in [4.69, 9.17) is 4.74 Å². The summed E-state index contributed by atoms with van der Waals surface area (Å²) < 4.78 is 4.79. The first kappa shape index (κ1) is 14.2. The summed E-state index contributed by atoms with van der Waals surface area (Å²) in [7, 11) is 0. The second kappa shape index (κ2) is 6.27. The number of carbonyl (C=O) groups is 1. The summed E-state index contributed by atoms with van der Waals surface area (Å²) in [5.74, 6) is -0.837. The molecule has 0 saturated carbocycles. The van der Waals surface area contributed by atoms with Gasteiger partial charge in [-0.25, -0.2) is 9.79 Å². The summed E-state index contributed by atoms with van der Waals surface area (Å²) in [6, 6.07) is 6.00. The van der Waals surface area contributed by atoms with Crippen molar-refractivity contribution < 1.29 is 14.5 Å². The Balaban J connectivity index is 2.36. The van der Waals surface area contributed by atoms with Crippen LogP contribution in [0.5, 0.6) is 0 Å². The molecule has 1 heterocycles. The van der Waals surface area contributed by atoms with Crippen molar-refractivity contribution in [2.45, 2.75) is 32.2 Å². The maximum absolute atomic E-state index is 11.8. The highest BCUT2D eigenvalue weighted by molar-refractivity contribution is 6.06. The maximum atomic E-state index is 11.8. The Morgan fingerprint density at radius 1 is 1.45 bits per heavy atom. The van der Waals surface area contributed by atoms with Gasteiger partial charge in [0.2, 0.25) is 0 Å². The van der Waals surface area contributed by atoms with Gasteiger partial charge in [-0.1, -0.05) is 18.2 Å². The molecule has 1 atom stereocenters. The highest BCUT2D eigenvalue weighted by Crippen LogP contribution is 2.26. The number of nitrogens with zero attached hydrogens (tertiary/aromatic N) is 2. The largest absolute Gasteiger partial charge is 0.461 e. The molecule has 2 rings (SSSR count). The van der Waals surface area contributed by atoms with Crippen LogP contribution < -0.4 is 0 Å². The molecule has 6 heteroatoms. The zero-order chi connectivity index (χ0) is 14.5. The normalized spacial score (nSPS) is 15.6. The lowest BCUT2D eigenvalue weighted by Gasteiger charge is -2.10. The molecule has 1 unspecified atom stereocenters. The van der Waals surface area contributed by atoms with Crippen molar-refractivity contribution in [2.24, 2.45) is 4.99 Å². The van der Waals surface area contributed by atoms with Gasteiger partial charge < -0.3 is 4.74 Å². The Labute approximate surface area is 116 Å². The van der Waals surface area contributed by atoms with Crippen molar-refractivity contribution >= 4 is 17.4 Å². The third-order valence-corrected chi connectivity index (χ3v) is 3.17. The molecule has 0 aromatic heterocycles. The van der Waals surface area contributed by atoms with Gasteiger partial charge in [0, 0.05) is 4.92 Å². The van der Waals surface area contributed by atoms with E-state index in [1.807, 2.05) is 24.3 Å². The standard InChI is InChI=1S/C14H16N2O4/c1-2-20-14(17)13(16(18)19)12-9-5-7-10-6-3-4-8-11(10)15-12/h3-4,6,8,13H,2,5,7,9H2,1H3. The minimum Gasteiger partial charge on any atom is -0.461 e. The van der Waals surface area contributed by atoms with Gasteiger partial charge in [0.05, 0.1) is 12.3 Å². The number of ether oxygens (including phenoxy) is 1. The molecule has 0 saturated heterocycles. The summed E-state index contributed by atoms with van der Waals surface area (Å²) >= 11 is 0. The molecule has 0 spiro atoms. The van der Waals surface area contributed by atoms with Crippen LogP contribution >= 0.6 is 0 Å². The topological polar surface area (TPSA) is 81.8 Å². The molecular weight excluding hydrogens is 260 g/mol. The van der Waals surface area contributed by atoms with E-state index in [0.717, 1.165) is 18.4 Å². The first-order chi connectivity index (χ1) is 9.63. The fourth-order valence-electron chi connectivity index (χ4n) is 2.26. The number of nitro groups is 1. The lowest BCUT2D eigenvalue weighted by molar-refractivity contribution is -0.492. The van der Waals surface area contributed by atoms with Gasteiger partial charge in [-0.05, 0) is 37.8 Å². The van der Waals surface area contributed by atoms with E-state index in [-0.39, 0.29) is 12.3 Å². The smallest absolute Gasteiger partial charge is 0.388 e. The van der Waals surface area contributed by atoms with Crippen LogP contribution in [0, 0.1) is 10.1 Å². The number of aliphatic imine (C=N–C) groups is 1. The molecular formula is C14H16N2O4. The minimum atomic E-state index is -1.50. The summed E-state index contributed by atoms with van der Waals surface area (Å²) in [5.41, 5.74) is 2.03. The molecule has 1 aliphatic rings. The van der Waals surface area contributed by atoms with Crippen LogP contribution in [0.3, 0.4) is 0 Å². The predicted molar refractivity (Wildman–Crippen MR) is 73.9 cm³/mol. The van der Waals surface area contributed by atoms with Crippen molar-refractivity contribution in [1.29, 1.82) is 0 Å². The summed E-state index contributed by atoms with van der Waals surface area (Å²) in [5, 5.41) is 11.2. The molecule has 106 valence electrons. The van der Waals surface area contributed by atoms with Crippen molar-refractivity contribution in [3.05, 3.63) is 39.9 Å². The Bertz CT molecular complexity index is 554. The van der Waals surface area contributed by atoms with Crippen LogP contribution in [0.15, 0.2) is 29.3 Å². The number of fused-ring (bicyclic) bond motifs is 1. The van der Waals surface area contributed by atoms with E-state index in [2.05, 4.69) is 4.99 Å². The molecule has 0 aliphatic carbocycles. The van der Waals surface area contributed by atoms with E-state index in [1.54, 1.807) is 6.92 Å². The van der Waals surface area contributed by atoms with Gasteiger partial charge in [0.1, 0.15) is 5.71 Å². The fourth-order valence-corrected chi connectivity index (χ4v) is 2.26. The number of hydrogen-bond donors (Lipinski definition) is 0. The average molecular weight is 276 g/mol. The van der Waals surface area contributed by atoms with Gasteiger partial charge >= 0.3 is 12.0 Å². The predicted octanol–water partition coefficient (Wildman–Crippen LogP) is 2.30. The molecule has 1 aliphatic heterocycles. The second-order valence-electron chi connectivity index (χ2n) is 4.53. The number of para-hydroxylation sites is 1. The van der Waals surface area contributed by atoms with Crippen molar-refractivity contribution in [1.82, 2.24) is 0 Å². The fraction of sp³-hybridized carbons (Fsp3) is 0.429. The van der Waals surface area contributed by atoms with E-state index in [0.29, 0.717) is 12.1 Å². The lowest BCUT2D eigenvalue weighted by Crippen LogP contribution is -2.38. The van der Waals surface area contributed by atoms with Crippen LogP contribution in [-0.2, 0) is 16.0 Å². The lowest BCUT2D eigenvalue weighted by atomic mass is 10.0. The average Bonchev–Trinajstić information content (AvgIpc) is 2.60. The number of hydrogen-bond acceptors (Lipinski definition) is 5. The molecule has 0 radical (unpaired) electrons. The highest BCUT2D eigenvalue weighted by Gasteiger charge is 2.37. The van der Waals surface area contributed by atoms with Gasteiger partial charge in [-0.15, -0.1) is 0 Å². The number of benzene rings is 1. The minimum absolute atomic E-state index is 0.118. The van der Waals surface area contributed by atoms with Crippen LogP contribution in [0.25, 0.3) is 0 Å². The Morgan fingerprint density at radius 2 is 2.20 bits per heavy atom. The summed E-state index contributed by atoms with van der Waals surface area (Å²) in [4.78, 5) is 26.6. The molecule has 20 heavy (non-hydrogen) atoms.